The summed E-state index contributed by atoms with van der Waals surface area (Å²) in [5.74, 6) is -1.90. The van der Waals surface area contributed by atoms with E-state index in [1.165, 1.54) is 12.1 Å². The van der Waals surface area contributed by atoms with Crippen molar-refractivity contribution in [1.29, 1.82) is 0 Å². The van der Waals surface area contributed by atoms with Gasteiger partial charge >= 0.3 is 12.3 Å². The molecule has 1 aromatic rings. The lowest BCUT2D eigenvalue weighted by atomic mass is 10.0. The fourth-order valence-electron chi connectivity index (χ4n) is 1.41. The number of aliphatic hydroxyl groups excluding tert-OH is 2. The third-order valence-corrected chi connectivity index (χ3v) is 2.18. The summed E-state index contributed by atoms with van der Waals surface area (Å²) in [5, 5.41) is 27.4. The van der Waals surface area contributed by atoms with E-state index in [1.807, 2.05) is 0 Å². The Labute approximate surface area is 105 Å². The van der Waals surface area contributed by atoms with E-state index in [-0.39, 0.29) is 5.56 Å². The van der Waals surface area contributed by atoms with Crippen LogP contribution < -0.4 is 4.74 Å². The molecular formula is C11H11F3O5. The van der Waals surface area contributed by atoms with Gasteiger partial charge in [0.05, 0.1) is 12.5 Å². The summed E-state index contributed by atoms with van der Waals surface area (Å²) in [6.07, 6.45) is -8.85. The minimum absolute atomic E-state index is 0.0736. The predicted octanol–water partition coefficient (Wildman–Crippen LogP) is 1.45. The van der Waals surface area contributed by atoms with Crippen molar-refractivity contribution in [2.75, 3.05) is 0 Å². The standard InChI is InChI=1S/C11H11F3O5/c12-11(13,14)19-7-3-1-2-6(4-7)10(18)8(15)5-9(16)17/h1-4,8,10,15,18H,5H2,(H,16,17). The van der Waals surface area contributed by atoms with E-state index in [0.717, 1.165) is 12.1 Å². The second-order valence-electron chi connectivity index (χ2n) is 3.73. The summed E-state index contributed by atoms with van der Waals surface area (Å²) < 4.78 is 39.6. The molecule has 0 aliphatic carbocycles. The topological polar surface area (TPSA) is 87.0 Å². The molecule has 0 aliphatic heterocycles. The van der Waals surface area contributed by atoms with Gasteiger partial charge in [-0.15, -0.1) is 13.2 Å². The third-order valence-electron chi connectivity index (χ3n) is 2.18. The number of carboxylic acid groups (broad SMARTS) is 1. The van der Waals surface area contributed by atoms with Gasteiger partial charge in [-0.2, -0.15) is 0 Å². The maximum absolute atomic E-state index is 12.0. The Bertz CT molecular complexity index is 446. The van der Waals surface area contributed by atoms with Gasteiger partial charge in [0, 0.05) is 0 Å². The highest BCUT2D eigenvalue weighted by atomic mass is 19.4. The van der Waals surface area contributed by atoms with Crippen LogP contribution >= 0.6 is 0 Å². The largest absolute Gasteiger partial charge is 0.573 e. The molecule has 19 heavy (non-hydrogen) atoms. The number of benzene rings is 1. The van der Waals surface area contributed by atoms with Crippen LogP contribution in [0.2, 0.25) is 0 Å². The zero-order valence-corrected chi connectivity index (χ0v) is 9.46. The minimum atomic E-state index is -4.87. The number of ether oxygens (including phenoxy) is 1. The van der Waals surface area contributed by atoms with Crippen LogP contribution in [-0.2, 0) is 4.79 Å². The Morgan fingerprint density at radius 2 is 1.95 bits per heavy atom. The molecule has 2 unspecified atom stereocenters. The minimum Gasteiger partial charge on any atom is -0.481 e. The van der Waals surface area contributed by atoms with E-state index in [9.17, 15) is 28.2 Å². The number of carbonyl (C=O) groups is 1. The molecule has 3 N–H and O–H groups in total. The van der Waals surface area contributed by atoms with Crippen molar-refractivity contribution in [3.05, 3.63) is 29.8 Å². The molecule has 0 aliphatic rings. The van der Waals surface area contributed by atoms with E-state index in [1.54, 1.807) is 0 Å². The fraction of sp³-hybridized carbons (Fsp3) is 0.364. The Kier molecular flexibility index (Phi) is 4.73. The van der Waals surface area contributed by atoms with Gasteiger partial charge in [-0.3, -0.25) is 4.79 Å². The summed E-state index contributed by atoms with van der Waals surface area (Å²) >= 11 is 0. The van der Waals surface area contributed by atoms with Crippen molar-refractivity contribution in [1.82, 2.24) is 0 Å². The van der Waals surface area contributed by atoms with Gasteiger partial charge in [0.25, 0.3) is 0 Å². The Morgan fingerprint density at radius 3 is 2.47 bits per heavy atom. The molecule has 0 amide bonds. The third kappa shape index (κ3) is 5.14. The quantitative estimate of drug-likeness (QED) is 0.760. The van der Waals surface area contributed by atoms with Gasteiger partial charge in [0.2, 0.25) is 0 Å². The maximum Gasteiger partial charge on any atom is 0.573 e. The van der Waals surface area contributed by atoms with Crippen molar-refractivity contribution >= 4 is 5.97 Å². The van der Waals surface area contributed by atoms with E-state index >= 15 is 0 Å². The Balaban J connectivity index is 2.83. The number of carboxylic acids is 1. The normalized spacial score (nSPS) is 14.8. The van der Waals surface area contributed by atoms with Gasteiger partial charge in [0.15, 0.2) is 0 Å². The first kappa shape index (κ1) is 15.3. The number of alkyl halides is 3. The Morgan fingerprint density at radius 1 is 1.32 bits per heavy atom. The van der Waals surface area contributed by atoms with Crippen LogP contribution in [0.1, 0.15) is 18.1 Å². The Hall–Kier alpha value is -1.80. The first-order chi connectivity index (χ1) is 8.69. The summed E-state index contributed by atoms with van der Waals surface area (Å²) in [6.45, 7) is 0. The van der Waals surface area contributed by atoms with Crippen molar-refractivity contribution in [3.63, 3.8) is 0 Å². The monoisotopic (exact) mass is 280 g/mol. The van der Waals surface area contributed by atoms with Crippen LogP contribution in [0.3, 0.4) is 0 Å². The van der Waals surface area contributed by atoms with Crippen LogP contribution in [-0.4, -0.2) is 33.8 Å². The molecular weight excluding hydrogens is 269 g/mol. The summed E-state index contributed by atoms with van der Waals surface area (Å²) in [4.78, 5) is 10.4. The molecule has 106 valence electrons. The van der Waals surface area contributed by atoms with Gasteiger partial charge in [-0.25, -0.2) is 0 Å². The van der Waals surface area contributed by atoms with Crippen LogP contribution in [0.4, 0.5) is 13.2 Å². The molecule has 0 heterocycles. The van der Waals surface area contributed by atoms with Gasteiger partial charge in [-0.1, -0.05) is 12.1 Å². The number of hydrogen-bond donors (Lipinski definition) is 3. The number of rotatable bonds is 5. The highest BCUT2D eigenvalue weighted by Crippen LogP contribution is 2.27. The van der Waals surface area contributed by atoms with Crippen molar-refractivity contribution in [2.45, 2.75) is 25.0 Å². The molecule has 0 saturated carbocycles. The van der Waals surface area contributed by atoms with Crippen LogP contribution in [0.15, 0.2) is 24.3 Å². The molecule has 0 aromatic heterocycles. The lowest BCUT2D eigenvalue weighted by molar-refractivity contribution is -0.274. The van der Waals surface area contributed by atoms with Gasteiger partial charge < -0.3 is 20.1 Å². The van der Waals surface area contributed by atoms with Crippen molar-refractivity contribution in [2.24, 2.45) is 0 Å². The van der Waals surface area contributed by atoms with E-state index in [4.69, 9.17) is 5.11 Å². The van der Waals surface area contributed by atoms with Crippen LogP contribution in [0.5, 0.6) is 5.75 Å². The maximum atomic E-state index is 12.0. The average Bonchev–Trinajstić information content (AvgIpc) is 2.25. The number of halogens is 3. The highest BCUT2D eigenvalue weighted by molar-refractivity contribution is 5.67. The number of aliphatic carboxylic acids is 1. The van der Waals surface area contributed by atoms with E-state index < -0.39 is 36.7 Å². The van der Waals surface area contributed by atoms with E-state index in [2.05, 4.69) is 4.74 Å². The summed E-state index contributed by atoms with van der Waals surface area (Å²) in [7, 11) is 0. The zero-order valence-electron chi connectivity index (χ0n) is 9.46. The smallest absolute Gasteiger partial charge is 0.481 e. The molecule has 1 rings (SSSR count). The molecule has 5 nitrogen and oxygen atoms in total. The van der Waals surface area contributed by atoms with Crippen LogP contribution in [0.25, 0.3) is 0 Å². The lowest BCUT2D eigenvalue weighted by Gasteiger charge is -2.17. The second-order valence-corrected chi connectivity index (χ2v) is 3.73. The molecule has 1 aromatic carbocycles. The molecule has 0 spiro atoms. The van der Waals surface area contributed by atoms with Gasteiger partial charge in [0.1, 0.15) is 11.9 Å². The molecule has 8 heteroatoms. The van der Waals surface area contributed by atoms with Crippen molar-refractivity contribution in [3.8, 4) is 5.75 Å². The fourth-order valence-corrected chi connectivity index (χ4v) is 1.41. The molecule has 2 atom stereocenters. The van der Waals surface area contributed by atoms with E-state index in [0.29, 0.717) is 0 Å². The molecule has 0 saturated heterocycles. The second kappa shape index (κ2) is 5.89. The number of aliphatic hydroxyl groups is 2. The number of hydrogen-bond acceptors (Lipinski definition) is 4. The highest BCUT2D eigenvalue weighted by Gasteiger charge is 2.31. The first-order valence-electron chi connectivity index (χ1n) is 5.12. The van der Waals surface area contributed by atoms with Crippen molar-refractivity contribution < 1.29 is 38.0 Å². The molecule has 0 fully saturated rings. The average molecular weight is 280 g/mol. The lowest BCUT2D eigenvalue weighted by Crippen LogP contribution is -2.22. The SMILES string of the molecule is O=C(O)CC(O)C(O)c1cccc(OC(F)(F)F)c1. The summed E-state index contributed by atoms with van der Waals surface area (Å²) in [6, 6.07) is 4.34. The molecule has 0 radical (unpaired) electrons. The first-order valence-corrected chi connectivity index (χ1v) is 5.12. The summed E-state index contributed by atoms with van der Waals surface area (Å²) in [5.41, 5.74) is -0.0736. The zero-order chi connectivity index (χ0) is 14.6. The van der Waals surface area contributed by atoms with Gasteiger partial charge in [-0.05, 0) is 17.7 Å². The predicted molar refractivity (Wildman–Crippen MR) is 56.3 cm³/mol. The molecule has 0 bridgehead atoms. The van der Waals surface area contributed by atoms with Crippen LogP contribution in [0, 0.1) is 0 Å².